The summed E-state index contributed by atoms with van der Waals surface area (Å²) >= 11 is 0. The van der Waals surface area contributed by atoms with E-state index in [1.807, 2.05) is 31.2 Å². The van der Waals surface area contributed by atoms with Crippen LogP contribution in [0.5, 0.6) is 5.75 Å². The fourth-order valence-electron chi connectivity index (χ4n) is 1.60. The third-order valence-corrected chi connectivity index (χ3v) is 2.41. The van der Waals surface area contributed by atoms with E-state index in [0.717, 1.165) is 11.1 Å². The average Bonchev–Trinajstić information content (AvgIpc) is 2.23. The number of phenolic OH excluding ortho intramolecular Hbond substituents is 1. The molecule has 0 aliphatic heterocycles. The maximum absolute atomic E-state index is 13.6. The summed E-state index contributed by atoms with van der Waals surface area (Å²) in [5.41, 5.74) is 2.24. The Morgan fingerprint density at radius 2 is 1.60 bits per heavy atom. The molecule has 15 heavy (non-hydrogen) atoms. The predicted octanol–water partition coefficient (Wildman–Crippen LogP) is 3.51. The van der Waals surface area contributed by atoms with Gasteiger partial charge in [0.25, 0.3) is 0 Å². The van der Waals surface area contributed by atoms with Gasteiger partial charge in [0.05, 0.1) is 0 Å². The molecule has 2 rings (SSSR count). The lowest BCUT2D eigenvalue weighted by Gasteiger charge is -2.07. The molecular formula is C13H11FO. The number of halogens is 1. The summed E-state index contributed by atoms with van der Waals surface area (Å²) in [6, 6.07) is 12.2. The van der Waals surface area contributed by atoms with E-state index < -0.39 is 5.82 Å². The van der Waals surface area contributed by atoms with Crippen molar-refractivity contribution < 1.29 is 9.50 Å². The summed E-state index contributed by atoms with van der Waals surface area (Å²) in [7, 11) is 0. The van der Waals surface area contributed by atoms with E-state index >= 15 is 0 Å². The number of hydrogen-bond donors (Lipinski definition) is 1. The molecule has 0 heterocycles. The van der Waals surface area contributed by atoms with Crippen LogP contribution in [0.3, 0.4) is 0 Å². The molecule has 0 spiro atoms. The van der Waals surface area contributed by atoms with Crippen LogP contribution in [0.25, 0.3) is 11.1 Å². The highest BCUT2D eigenvalue weighted by atomic mass is 19.1. The number of phenols is 1. The first-order valence-corrected chi connectivity index (χ1v) is 4.73. The van der Waals surface area contributed by atoms with Crippen molar-refractivity contribution in [2.24, 2.45) is 0 Å². The van der Waals surface area contributed by atoms with Crippen molar-refractivity contribution in [3.05, 3.63) is 53.8 Å². The highest BCUT2D eigenvalue weighted by molar-refractivity contribution is 5.69. The molecule has 0 aromatic heterocycles. The molecule has 76 valence electrons. The molecule has 0 aliphatic rings. The van der Waals surface area contributed by atoms with Crippen LogP contribution in [0.2, 0.25) is 0 Å². The van der Waals surface area contributed by atoms with Crippen LogP contribution >= 0.6 is 0 Å². The van der Waals surface area contributed by atoms with Gasteiger partial charge in [0, 0.05) is 5.56 Å². The molecule has 1 N–H and O–H groups in total. The second kappa shape index (κ2) is 3.73. The van der Waals surface area contributed by atoms with Crippen LogP contribution in [0, 0.1) is 12.7 Å². The van der Waals surface area contributed by atoms with Gasteiger partial charge in [-0.1, -0.05) is 36.4 Å². The normalized spacial score (nSPS) is 10.3. The second-order valence-electron chi connectivity index (χ2n) is 3.45. The molecule has 0 bridgehead atoms. The van der Waals surface area contributed by atoms with Crippen LogP contribution in [-0.4, -0.2) is 5.11 Å². The topological polar surface area (TPSA) is 20.2 Å². The van der Waals surface area contributed by atoms with Crippen molar-refractivity contribution in [3.63, 3.8) is 0 Å². The van der Waals surface area contributed by atoms with Gasteiger partial charge in [-0.3, -0.25) is 0 Å². The summed E-state index contributed by atoms with van der Waals surface area (Å²) in [6.07, 6.45) is 0. The van der Waals surface area contributed by atoms with E-state index in [1.165, 1.54) is 6.07 Å². The predicted molar refractivity (Wildman–Crippen MR) is 58.2 cm³/mol. The number of hydrogen-bond acceptors (Lipinski definition) is 1. The molecule has 0 saturated carbocycles. The maximum atomic E-state index is 13.6. The monoisotopic (exact) mass is 202 g/mol. The van der Waals surface area contributed by atoms with Crippen molar-refractivity contribution in [2.75, 3.05) is 0 Å². The van der Waals surface area contributed by atoms with Gasteiger partial charge in [0.15, 0.2) is 11.6 Å². The minimum Gasteiger partial charge on any atom is -0.505 e. The molecule has 0 amide bonds. The van der Waals surface area contributed by atoms with Gasteiger partial charge in [-0.15, -0.1) is 0 Å². The summed E-state index contributed by atoms with van der Waals surface area (Å²) < 4.78 is 13.6. The summed E-state index contributed by atoms with van der Waals surface area (Å²) in [5, 5.41) is 9.28. The zero-order valence-corrected chi connectivity index (χ0v) is 8.37. The van der Waals surface area contributed by atoms with Crippen LogP contribution < -0.4 is 0 Å². The first-order chi connectivity index (χ1) is 7.20. The minimum absolute atomic E-state index is 0.309. The van der Waals surface area contributed by atoms with Gasteiger partial charge in [-0.05, 0) is 24.1 Å². The lowest BCUT2D eigenvalue weighted by atomic mass is 10.00. The van der Waals surface area contributed by atoms with E-state index in [0.29, 0.717) is 5.56 Å². The molecule has 0 fully saturated rings. The van der Waals surface area contributed by atoms with E-state index in [4.69, 9.17) is 0 Å². The molecule has 0 unspecified atom stereocenters. The van der Waals surface area contributed by atoms with Gasteiger partial charge < -0.3 is 5.11 Å². The fourth-order valence-corrected chi connectivity index (χ4v) is 1.60. The van der Waals surface area contributed by atoms with E-state index in [-0.39, 0.29) is 5.75 Å². The Kier molecular flexibility index (Phi) is 2.42. The third-order valence-electron chi connectivity index (χ3n) is 2.41. The molecule has 0 atom stereocenters. The largest absolute Gasteiger partial charge is 0.505 e. The van der Waals surface area contributed by atoms with Crippen LogP contribution in [-0.2, 0) is 0 Å². The molecule has 1 nitrogen and oxygen atoms in total. The lowest BCUT2D eigenvalue weighted by Crippen LogP contribution is -1.87. The molecule has 0 saturated heterocycles. The van der Waals surface area contributed by atoms with Crippen LogP contribution in [0.1, 0.15) is 5.56 Å². The SMILES string of the molecule is Cc1ccccc1-c1cccc(O)c1F. The Hall–Kier alpha value is -1.83. The minimum atomic E-state index is -0.563. The quantitative estimate of drug-likeness (QED) is 0.750. The van der Waals surface area contributed by atoms with Gasteiger partial charge in [0.2, 0.25) is 0 Å². The molecule has 2 aromatic rings. The molecule has 0 radical (unpaired) electrons. The van der Waals surface area contributed by atoms with Crippen LogP contribution in [0.15, 0.2) is 42.5 Å². The van der Waals surface area contributed by atoms with Crippen molar-refractivity contribution in [2.45, 2.75) is 6.92 Å². The van der Waals surface area contributed by atoms with E-state index in [2.05, 4.69) is 0 Å². The fraction of sp³-hybridized carbons (Fsp3) is 0.0769. The van der Waals surface area contributed by atoms with Gasteiger partial charge >= 0.3 is 0 Å². The van der Waals surface area contributed by atoms with E-state index in [9.17, 15) is 9.50 Å². The van der Waals surface area contributed by atoms with Crippen LogP contribution in [0.4, 0.5) is 4.39 Å². The first kappa shape index (κ1) is 9.71. The van der Waals surface area contributed by atoms with Crippen molar-refractivity contribution in [1.82, 2.24) is 0 Å². The molecule has 0 aliphatic carbocycles. The van der Waals surface area contributed by atoms with Gasteiger partial charge in [-0.2, -0.15) is 0 Å². The van der Waals surface area contributed by atoms with Crippen molar-refractivity contribution in [1.29, 1.82) is 0 Å². The highest BCUT2D eigenvalue weighted by Crippen LogP contribution is 2.29. The molecular weight excluding hydrogens is 191 g/mol. The Morgan fingerprint density at radius 3 is 2.33 bits per heavy atom. The Morgan fingerprint density at radius 1 is 0.933 bits per heavy atom. The van der Waals surface area contributed by atoms with Crippen molar-refractivity contribution in [3.8, 4) is 16.9 Å². The standard InChI is InChI=1S/C13H11FO/c1-9-5-2-3-6-10(9)11-7-4-8-12(15)13(11)14/h2-8,15H,1H3. The van der Waals surface area contributed by atoms with E-state index in [1.54, 1.807) is 12.1 Å². The molecule has 2 heteroatoms. The van der Waals surface area contributed by atoms with Crippen molar-refractivity contribution >= 4 is 0 Å². The summed E-state index contributed by atoms with van der Waals surface area (Å²) in [4.78, 5) is 0. The zero-order chi connectivity index (χ0) is 10.8. The number of rotatable bonds is 1. The maximum Gasteiger partial charge on any atom is 0.172 e. The first-order valence-electron chi connectivity index (χ1n) is 4.73. The summed E-state index contributed by atoms with van der Waals surface area (Å²) in [6.45, 7) is 1.92. The second-order valence-corrected chi connectivity index (χ2v) is 3.45. The Balaban J connectivity index is 2.65. The zero-order valence-electron chi connectivity index (χ0n) is 8.37. The highest BCUT2D eigenvalue weighted by Gasteiger charge is 2.09. The van der Waals surface area contributed by atoms with Gasteiger partial charge in [-0.25, -0.2) is 4.39 Å². The van der Waals surface area contributed by atoms with Gasteiger partial charge in [0.1, 0.15) is 0 Å². The number of benzene rings is 2. The average molecular weight is 202 g/mol. The third kappa shape index (κ3) is 1.71. The number of aromatic hydroxyl groups is 1. The lowest BCUT2D eigenvalue weighted by molar-refractivity contribution is 0.433. The smallest absolute Gasteiger partial charge is 0.172 e. The number of aryl methyl sites for hydroxylation is 1. The Labute approximate surface area is 87.8 Å². The molecule has 2 aromatic carbocycles. The summed E-state index contributed by atoms with van der Waals surface area (Å²) in [5.74, 6) is -0.873. The Bertz CT molecular complexity index is 492.